The van der Waals surface area contributed by atoms with Gasteiger partial charge in [0.15, 0.2) is 0 Å². The van der Waals surface area contributed by atoms with E-state index in [0.717, 1.165) is 59.6 Å². The molecule has 0 radical (unpaired) electrons. The van der Waals surface area contributed by atoms with Gasteiger partial charge < -0.3 is 81.3 Å². The van der Waals surface area contributed by atoms with Gasteiger partial charge in [0.1, 0.15) is 24.1 Å². The van der Waals surface area contributed by atoms with Gasteiger partial charge in [-0.05, 0) is 145 Å². The fourth-order valence-electron chi connectivity index (χ4n) is 16.0. The van der Waals surface area contributed by atoms with Crippen molar-refractivity contribution in [3.8, 4) is 5.75 Å². The van der Waals surface area contributed by atoms with Crippen LogP contribution in [-0.2, 0) is 37.2 Å². The molecule has 27 nitrogen and oxygen atoms in total. The SMILES string of the molecule is CC(C)[C@@H](NCCNC(=O)c1ccc2nc3c(nc2c1)CSC1C2=C1/C(=C\C=C/C=C2)SC3)C(=O)N[C@H](CCCNC(N)=O)C(=O)Nc1ccc(COC(=O)N(C)C[C@@H]2C[C@@H](N3CCOCC3)CN2C(=O)Oc2cc3c(c4ccccc24)[C@H](CCl)CN3C(=O)c2cc3cc(NC(=O)c4ccc(N5CCN(C)CC5)cc4)ccc3[nH]2)cc1. The first-order valence-electron chi connectivity index (χ1n) is 39.5. The summed E-state index contributed by atoms with van der Waals surface area (Å²) in [4.78, 5) is 137. The second-order valence-corrected chi connectivity index (χ2v) is 33.0. The number of carbonyl (C=O) groups excluding carboxylic acids is 8. The second-order valence-electron chi connectivity index (χ2n) is 30.6. The number of halogens is 1. The number of primary amides is 1. The van der Waals surface area contributed by atoms with Gasteiger partial charge in [-0.2, -0.15) is 0 Å². The summed E-state index contributed by atoms with van der Waals surface area (Å²) in [6, 6.07) is 33.2. The monoisotopic (exact) mass is 1630 g/mol. The number of hydrogen-bond donors (Lipinski definition) is 8. The quantitative estimate of drug-likeness (QED) is 0.0195. The van der Waals surface area contributed by atoms with Gasteiger partial charge in [-0.1, -0.05) is 74.5 Å². The molecule has 3 saturated heterocycles. The van der Waals surface area contributed by atoms with Crippen LogP contribution in [0.1, 0.15) is 92.7 Å². The van der Waals surface area contributed by atoms with Crippen molar-refractivity contribution in [3.05, 3.63) is 207 Å². The van der Waals surface area contributed by atoms with Gasteiger partial charge in [0.05, 0.1) is 58.7 Å². The molecule has 1 unspecified atom stereocenters. The number of likely N-dealkylation sites (tertiary alicyclic amines) is 1. The van der Waals surface area contributed by atoms with Gasteiger partial charge in [0.25, 0.3) is 17.7 Å². The Morgan fingerprint density at radius 3 is 2.29 bits per heavy atom. The van der Waals surface area contributed by atoms with Crippen LogP contribution >= 0.6 is 35.1 Å². The summed E-state index contributed by atoms with van der Waals surface area (Å²) in [5, 5.41) is 20.1. The number of likely N-dealkylation sites (N-methyl/N-ethyl adjacent to an activating group) is 2. The van der Waals surface area contributed by atoms with Crippen LogP contribution in [0.2, 0.25) is 0 Å². The lowest BCUT2D eigenvalue weighted by Gasteiger charge is -2.34. The van der Waals surface area contributed by atoms with Crippen LogP contribution in [0.3, 0.4) is 0 Å². The van der Waals surface area contributed by atoms with Crippen LogP contribution in [0.5, 0.6) is 5.75 Å². The fourth-order valence-corrected chi connectivity index (χ4v) is 18.7. The Kier molecular flexibility index (Phi) is 25.1. The number of rotatable bonds is 25. The molecular formula is C86H95ClN16O11S2. The smallest absolute Gasteiger partial charge is 0.415 e. The van der Waals surface area contributed by atoms with Crippen molar-refractivity contribution in [2.45, 2.75) is 86.6 Å². The summed E-state index contributed by atoms with van der Waals surface area (Å²) in [6.07, 6.45) is 10.3. The zero-order chi connectivity index (χ0) is 80.7. The summed E-state index contributed by atoms with van der Waals surface area (Å²) in [5.74, 6) is -0.437. The normalized spacial score (nSPS) is 19.9. The zero-order valence-corrected chi connectivity index (χ0v) is 67.6. The third-order valence-corrected chi connectivity index (χ3v) is 25.1. The van der Waals surface area contributed by atoms with Gasteiger partial charge in [-0.15, -0.1) is 35.1 Å². The predicted octanol–water partition coefficient (Wildman–Crippen LogP) is 10.9. The minimum Gasteiger partial charge on any atom is -0.445 e. The maximum absolute atomic E-state index is 15.0. The Balaban J connectivity index is 0.553. The highest BCUT2D eigenvalue weighted by molar-refractivity contribution is 8.03. The van der Waals surface area contributed by atoms with Crippen LogP contribution in [0.15, 0.2) is 168 Å². The number of morpholine rings is 1. The van der Waals surface area contributed by atoms with Crippen molar-refractivity contribution in [2.24, 2.45) is 11.7 Å². The molecule has 6 aromatic carbocycles. The Morgan fingerprint density at radius 2 is 1.52 bits per heavy atom. The van der Waals surface area contributed by atoms with Gasteiger partial charge in [-0.25, -0.2) is 24.4 Å². The van der Waals surface area contributed by atoms with E-state index < -0.39 is 48.2 Å². The Labute approximate surface area is 685 Å². The van der Waals surface area contributed by atoms with E-state index in [4.69, 9.17) is 41.5 Å². The molecular weight excluding hydrogens is 1530 g/mol. The van der Waals surface area contributed by atoms with E-state index in [2.05, 4.69) is 89.0 Å². The number of aromatic nitrogens is 3. The summed E-state index contributed by atoms with van der Waals surface area (Å²) in [7, 11) is 3.74. The topological polar surface area (TPSA) is 323 Å². The van der Waals surface area contributed by atoms with Crippen LogP contribution < -0.4 is 52.2 Å². The van der Waals surface area contributed by atoms with Gasteiger partial charge in [0, 0.05) is 170 Å². The standard InChI is InChI=1S/C86H95ClN16O11S2/c1-51(2)77(89-29-30-90-79(104)54-20-26-66-68(40-54)96-71-50-116-78-64-13-6-5-7-15-74(76(64)78)115-49-70(71)95-66)82(107)97-67(14-10-28-91-84(88)109)81(106)92-57-21-16-52(17-22-57)48-113-85(110)99(4)46-61-42-60(101-35-37-112-38-36-101)47-102(61)86(111)114-73-43-72-75(63-12-9-8-11-62(63)73)56(44-87)45-103(72)83(108)69-41-55-39-58(23-27-65(55)94-69)93-80(105)53-18-24-59(25-19-53)100-33-31-98(3)32-34-100/h5-9,11-13,15-27,39-41,43,51,56,60-61,67,77-78,89,94H,10,14,28-38,42,44-50H2,1-4H3,(H,90,104)(H,92,106)(H,93,105)(H,97,107)(H3,88,91,109)/b6-5?,7-5-,13-6?,15-7?,64-13?,74-15+,76-74?/t56-,60-,61+,67-,77-,78?/m1/s1. The number of nitrogens with two attached hydrogens (primary N) is 1. The third-order valence-electron chi connectivity index (χ3n) is 22.4. The number of amides is 9. The van der Waals surface area contributed by atoms with E-state index >= 15 is 0 Å². The molecule has 15 rings (SSSR count). The fraction of sp³-hybridized carbons (Fsp3) is 0.372. The Morgan fingerprint density at radius 1 is 0.759 bits per heavy atom. The molecule has 8 aromatic rings. The Bertz CT molecular complexity index is 5220. The minimum atomic E-state index is -1.03. The number of benzene rings is 6. The van der Waals surface area contributed by atoms with Crippen molar-refractivity contribution in [3.63, 3.8) is 0 Å². The molecule has 2 aliphatic carbocycles. The molecule has 7 aliphatic rings. The molecule has 6 atom stereocenters. The molecule has 2 aromatic heterocycles. The van der Waals surface area contributed by atoms with E-state index in [-0.39, 0.29) is 93.0 Å². The van der Waals surface area contributed by atoms with Crippen molar-refractivity contribution in [1.29, 1.82) is 0 Å². The van der Waals surface area contributed by atoms with Crippen LogP contribution in [-0.4, -0.2) is 223 Å². The molecule has 30 heteroatoms. The van der Waals surface area contributed by atoms with Gasteiger partial charge in [0.2, 0.25) is 11.8 Å². The minimum absolute atomic E-state index is 0.0705. The van der Waals surface area contributed by atoms with Crippen LogP contribution in [0.25, 0.3) is 32.7 Å². The highest BCUT2D eigenvalue weighted by Gasteiger charge is 2.43. The second kappa shape index (κ2) is 36.2. The highest BCUT2D eigenvalue weighted by atomic mass is 35.5. The number of nitrogens with zero attached hydrogens (tertiary/aromatic N) is 8. The van der Waals surface area contributed by atoms with Crippen LogP contribution in [0.4, 0.5) is 37.1 Å². The average Bonchev–Trinajstić information content (AvgIpc) is 1.57. The van der Waals surface area contributed by atoms with Gasteiger partial charge >= 0.3 is 18.2 Å². The van der Waals surface area contributed by atoms with Gasteiger partial charge in [-0.3, -0.25) is 28.9 Å². The first-order chi connectivity index (χ1) is 56.3. The number of aromatic amines is 1. The molecule has 9 N–H and O–H groups in total. The third kappa shape index (κ3) is 18.5. The number of H-pyrrole nitrogens is 1. The number of alkyl halides is 1. The number of allylic oxidation sites excluding steroid dienone is 6. The summed E-state index contributed by atoms with van der Waals surface area (Å²) < 4.78 is 18.1. The maximum Gasteiger partial charge on any atom is 0.415 e. The number of carbonyl (C=O) groups is 8. The largest absolute Gasteiger partial charge is 0.445 e. The number of thioether (sulfide) groups is 2. The van der Waals surface area contributed by atoms with Crippen LogP contribution in [0, 0.1) is 5.92 Å². The number of hydrogen-bond acceptors (Lipinski definition) is 19. The summed E-state index contributed by atoms with van der Waals surface area (Å²) >= 11 is 10.4. The first-order valence-corrected chi connectivity index (χ1v) is 42.0. The lowest BCUT2D eigenvalue weighted by molar-refractivity contribution is -0.128. The number of fused-ring (bicyclic) bond motifs is 7. The molecule has 116 heavy (non-hydrogen) atoms. The molecule has 9 amide bonds. The lowest BCUT2D eigenvalue weighted by atomic mass is 9.95. The predicted molar refractivity (Wildman–Crippen MR) is 454 cm³/mol. The zero-order valence-electron chi connectivity index (χ0n) is 65.2. The van der Waals surface area contributed by atoms with E-state index in [9.17, 15) is 38.4 Å². The van der Waals surface area contributed by atoms with E-state index in [0.29, 0.717) is 124 Å². The van der Waals surface area contributed by atoms with E-state index in [1.165, 1.54) is 21.0 Å². The molecule has 604 valence electrons. The maximum atomic E-state index is 15.0. The first kappa shape index (κ1) is 80.4. The molecule has 3 fully saturated rings. The molecule has 5 aliphatic heterocycles. The summed E-state index contributed by atoms with van der Waals surface area (Å²) in [5.41, 5.74) is 17.3. The number of anilines is 4. The molecule has 0 saturated carbocycles. The molecule has 7 heterocycles. The lowest BCUT2D eigenvalue weighted by Crippen LogP contribution is -2.54. The highest BCUT2D eigenvalue weighted by Crippen LogP contribution is 2.53. The number of urea groups is 1. The number of piperazine rings is 1. The van der Waals surface area contributed by atoms with E-state index in [1.54, 1.807) is 83.2 Å². The molecule has 0 spiro atoms. The van der Waals surface area contributed by atoms with Crippen molar-refractivity contribution in [2.75, 3.05) is 132 Å². The molecule has 0 bridgehead atoms. The average molecular weight is 1630 g/mol. The number of nitrogens with one attached hydrogen (secondary N) is 7. The summed E-state index contributed by atoms with van der Waals surface area (Å²) in [6.45, 7) is 11.1. The van der Waals surface area contributed by atoms with Crippen molar-refractivity contribution < 1.29 is 52.6 Å². The number of ether oxygens (including phenoxy) is 3. The van der Waals surface area contributed by atoms with Crippen molar-refractivity contribution >= 4 is 138 Å². The van der Waals surface area contributed by atoms with E-state index in [1.807, 2.05) is 92.3 Å². The Hall–Kier alpha value is -10.8. The van der Waals surface area contributed by atoms with Crippen molar-refractivity contribution in [1.82, 2.24) is 55.8 Å².